The first-order valence-electron chi connectivity index (χ1n) is 7.80. The Balaban J connectivity index is 1.97. The first-order valence-corrected chi connectivity index (χ1v) is 8.59. The molecule has 0 saturated carbocycles. The van der Waals surface area contributed by atoms with E-state index in [9.17, 15) is 0 Å². The molecule has 0 saturated heterocycles. The molecule has 25 heavy (non-hydrogen) atoms. The fourth-order valence-corrected chi connectivity index (χ4v) is 2.85. The summed E-state index contributed by atoms with van der Waals surface area (Å²) in [4.78, 5) is 0. The van der Waals surface area contributed by atoms with Crippen molar-refractivity contribution in [2.45, 2.75) is 26.7 Å². The van der Waals surface area contributed by atoms with Crippen molar-refractivity contribution < 1.29 is 8.83 Å². The maximum Gasteiger partial charge on any atom is 0.184 e. The molecular weight excluding hydrogens is 358 g/mol. The number of thiocarbonyl (C=S) groups is 1. The minimum atomic E-state index is 0.143. The van der Waals surface area contributed by atoms with Crippen molar-refractivity contribution in [2.75, 3.05) is 0 Å². The van der Waals surface area contributed by atoms with E-state index >= 15 is 0 Å². The van der Waals surface area contributed by atoms with E-state index in [1.165, 1.54) is 0 Å². The van der Waals surface area contributed by atoms with Crippen LogP contribution < -0.4 is 11.2 Å². The van der Waals surface area contributed by atoms with E-state index < -0.39 is 0 Å². The number of hydrogen-bond acceptors (Lipinski definition) is 4. The van der Waals surface area contributed by atoms with Gasteiger partial charge in [-0.05, 0) is 62.8 Å². The molecule has 1 aromatic carbocycles. The van der Waals surface area contributed by atoms with Crippen LogP contribution in [0.3, 0.4) is 0 Å². The molecule has 0 unspecified atom stereocenters. The normalized spacial score (nSPS) is 11.9. The van der Waals surface area contributed by atoms with Gasteiger partial charge in [0.2, 0.25) is 0 Å². The maximum atomic E-state index is 6.17. The number of fused-ring (bicyclic) bond motifs is 1. The number of benzene rings is 1. The molecule has 0 aliphatic heterocycles. The Bertz CT molecular complexity index is 959. The van der Waals surface area contributed by atoms with Gasteiger partial charge in [-0.3, -0.25) is 5.43 Å². The number of nitrogens with one attached hydrogen (secondary N) is 1. The summed E-state index contributed by atoms with van der Waals surface area (Å²) in [6.07, 6.45) is 1.35. The molecule has 3 aromatic rings. The lowest BCUT2D eigenvalue weighted by Gasteiger charge is -2.02. The van der Waals surface area contributed by atoms with Gasteiger partial charge in [-0.2, -0.15) is 5.10 Å². The summed E-state index contributed by atoms with van der Waals surface area (Å²) in [6.45, 7) is 3.82. The van der Waals surface area contributed by atoms with Crippen LogP contribution in [0.15, 0.2) is 44.3 Å². The van der Waals surface area contributed by atoms with Gasteiger partial charge in [-0.15, -0.1) is 0 Å². The zero-order valence-electron chi connectivity index (χ0n) is 13.9. The Morgan fingerprint density at radius 2 is 2.08 bits per heavy atom. The third kappa shape index (κ3) is 4.03. The van der Waals surface area contributed by atoms with Crippen LogP contribution in [0.25, 0.3) is 22.3 Å². The van der Waals surface area contributed by atoms with Gasteiger partial charge in [0, 0.05) is 22.5 Å². The van der Waals surface area contributed by atoms with Crippen molar-refractivity contribution >= 4 is 45.6 Å². The summed E-state index contributed by atoms with van der Waals surface area (Å²) in [5.74, 6) is 2.44. The highest BCUT2D eigenvalue weighted by Crippen LogP contribution is 2.37. The lowest BCUT2D eigenvalue weighted by molar-refractivity contribution is 0.532. The van der Waals surface area contributed by atoms with Crippen LogP contribution in [-0.4, -0.2) is 10.8 Å². The smallest absolute Gasteiger partial charge is 0.184 e. The molecule has 5 nitrogen and oxygen atoms in total. The number of nitrogens with two attached hydrogens (primary N) is 1. The molecule has 2 aromatic heterocycles. The van der Waals surface area contributed by atoms with Crippen molar-refractivity contribution in [3.05, 3.63) is 46.9 Å². The quantitative estimate of drug-likeness (QED) is 0.380. The molecule has 3 rings (SSSR count). The van der Waals surface area contributed by atoms with Gasteiger partial charge >= 0.3 is 0 Å². The minimum absolute atomic E-state index is 0.143. The highest BCUT2D eigenvalue weighted by atomic mass is 35.5. The Hall–Kier alpha value is -2.31. The molecule has 0 atom stereocenters. The van der Waals surface area contributed by atoms with Crippen LogP contribution in [0.1, 0.15) is 24.9 Å². The van der Waals surface area contributed by atoms with E-state index in [1.54, 1.807) is 0 Å². The molecule has 7 heteroatoms. The molecule has 0 radical (unpaired) electrons. The van der Waals surface area contributed by atoms with Crippen LogP contribution in [0, 0.1) is 6.92 Å². The van der Waals surface area contributed by atoms with Crippen molar-refractivity contribution in [1.29, 1.82) is 0 Å². The highest BCUT2D eigenvalue weighted by molar-refractivity contribution is 7.80. The standard InChI is InChI=1S/C18H18ClN3O2S/c1-10(21-22-18(20)25)3-6-16-17(15-7-4-11(2)23-15)13-9-12(19)5-8-14(13)24-16/h4-5,7-9H,3,6H2,1-2H3,(H3,20,22,25)/b21-10-. The molecule has 0 bridgehead atoms. The van der Waals surface area contributed by atoms with E-state index in [0.717, 1.165) is 39.5 Å². The van der Waals surface area contributed by atoms with E-state index in [4.69, 9.17) is 38.4 Å². The van der Waals surface area contributed by atoms with Crippen molar-refractivity contribution in [3.8, 4) is 11.3 Å². The van der Waals surface area contributed by atoms with Gasteiger partial charge in [0.05, 0.1) is 5.56 Å². The topological polar surface area (TPSA) is 76.7 Å². The fraction of sp³-hybridized carbons (Fsp3) is 0.222. The van der Waals surface area contributed by atoms with Crippen LogP contribution in [0.2, 0.25) is 5.02 Å². The minimum Gasteiger partial charge on any atom is -0.461 e. The Labute approximate surface area is 155 Å². The first kappa shape index (κ1) is 17.5. The lowest BCUT2D eigenvalue weighted by Crippen LogP contribution is -2.25. The number of aryl methyl sites for hydroxylation is 2. The highest BCUT2D eigenvalue weighted by Gasteiger charge is 2.19. The van der Waals surface area contributed by atoms with E-state index in [-0.39, 0.29) is 5.11 Å². The number of halogens is 1. The average molecular weight is 376 g/mol. The second kappa shape index (κ2) is 7.29. The Kier molecular flexibility index (Phi) is 5.11. The van der Waals surface area contributed by atoms with Crippen molar-refractivity contribution in [3.63, 3.8) is 0 Å². The fourth-order valence-electron chi connectivity index (χ4n) is 2.64. The van der Waals surface area contributed by atoms with Gasteiger partial charge in [0.25, 0.3) is 0 Å². The van der Waals surface area contributed by atoms with Crippen molar-refractivity contribution in [2.24, 2.45) is 10.8 Å². The van der Waals surface area contributed by atoms with Gasteiger partial charge < -0.3 is 14.6 Å². The van der Waals surface area contributed by atoms with Gasteiger partial charge in [0.15, 0.2) is 5.11 Å². The van der Waals surface area contributed by atoms with E-state index in [1.807, 2.05) is 44.2 Å². The number of hydrazone groups is 1. The molecule has 130 valence electrons. The summed E-state index contributed by atoms with van der Waals surface area (Å²) in [7, 11) is 0. The van der Waals surface area contributed by atoms with Gasteiger partial charge in [0.1, 0.15) is 22.9 Å². The molecule has 0 amide bonds. The molecule has 0 aliphatic carbocycles. The second-order valence-electron chi connectivity index (χ2n) is 5.77. The largest absolute Gasteiger partial charge is 0.461 e. The van der Waals surface area contributed by atoms with E-state index in [0.29, 0.717) is 17.9 Å². The van der Waals surface area contributed by atoms with Crippen LogP contribution in [-0.2, 0) is 6.42 Å². The molecule has 2 heterocycles. The van der Waals surface area contributed by atoms with Gasteiger partial charge in [-0.1, -0.05) is 11.6 Å². The molecule has 3 N–H and O–H groups in total. The monoisotopic (exact) mass is 375 g/mol. The predicted octanol–water partition coefficient (Wildman–Crippen LogP) is 4.80. The summed E-state index contributed by atoms with van der Waals surface area (Å²) in [5, 5.41) is 5.86. The van der Waals surface area contributed by atoms with Crippen LogP contribution >= 0.6 is 23.8 Å². The summed E-state index contributed by atoms with van der Waals surface area (Å²) >= 11 is 10.9. The SMILES string of the molecule is C/C(CCc1oc2ccc(Cl)cc2c1-c1ccc(C)o1)=N/NC(N)=S. The number of furan rings is 2. The second-order valence-corrected chi connectivity index (χ2v) is 6.65. The summed E-state index contributed by atoms with van der Waals surface area (Å²) in [5.41, 5.74) is 10.6. The lowest BCUT2D eigenvalue weighted by atomic mass is 10.0. The van der Waals surface area contributed by atoms with Crippen molar-refractivity contribution in [1.82, 2.24) is 5.43 Å². The zero-order chi connectivity index (χ0) is 18.0. The third-order valence-electron chi connectivity index (χ3n) is 3.78. The van der Waals surface area contributed by atoms with Crippen LogP contribution in [0.5, 0.6) is 0 Å². The number of rotatable bonds is 5. The average Bonchev–Trinajstić information content (AvgIpc) is 3.13. The van der Waals surface area contributed by atoms with E-state index in [2.05, 4.69) is 10.5 Å². The first-order chi connectivity index (χ1) is 11.9. The third-order valence-corrected chi connectivity index (χ3v) is 4.11. The maximum absolute atomic E-state index is 6.17. The Morgan fingerprint density at radius 1 is 1.28 bits per heavy atom. The summed E-state index contributed by atoms with van der Waals surface area (Å²) < 4.78 is 11.9. The summed E-state index contributed by atoms with van der Waals surface area (Å²) in [6, 6.07) is 9.45. The molecular formula is C18H18ClN3O2S. The molecule has 0 aliphatic rings. The number of hydrogen-bond donors (Lipinski definition) is 2. The Morgan fingerprint density at radius 3 is 2.76 bits per heavy atom. The molecule has 0 spiro atoms. The predicted molar refractivity (Wildman–Crippen MR) is 105 cm³/mol. The van der Waals surface area contributed by atoms with Crippen LogP contribution in [0.4, 0.5) is 0 Å². The number of nitrogens with zero attached hydrogens (tertiary/aromatic N) is 1. The zero-order valence-corrected chi connectivity index (χ0v) is 15.5. The molecule has 0 fully saturated rings. The van der Waals surface area contributed by atoms with Gasteiger partial charge in [-0.25, -0.2) is 0 Å².